The molecule has 0 aliphatic heterocycles. The summed E-state index contributed by atoms with van der Waals surface area (Å²) in [7, 11) is 0. The van der Waals surface area contributed by atoms with Crippen LogP contribution in [0.2, 0.25) is 0 Å². The number of carboxylic acid groups (broad SMARTS) is 1. The Morgan fingerprint density at radius 2 is 2.12 bits per heavy atom. The van der Waals surface area contributed by atoms with Crippen molar-refractivity contribution < 1.29 is 19.5 Å². The lowest BCUT2D eigenvalue weighted by molar-refractivity contribution is -0.145. The number of hydrogen-bond donors (Lipinski definition) is 2. The Labute approximate surface area is 98.7 Å². The van der Waals surface area contributed by atoms with Gasteiger partial charge < -0.3 is 9.90 Å². The molecule has 0 aromatic heterocycles. The predicted molar refractivity (Wildman–Crippen MR) is 62.1 cm³/mol. The topological polar surface area (TPSA) is 75.6 Å². The first-order valence-electron chi connectivity index (χ1n) is 5.01. The first-order chi connectivity index (χ1) is 8.24. The van der Waals surface area contributed by atoms with Crippen molar-refractivity contribution in [2.75, 3.05) is 6.61 Å². The highest BCUT2D eigenvalue weighted by Crippen LogP contribution is 2.00. The van der Waals surface area contributed by atoms with Gasteiger partial charge in [0.05, 0.1) is 6.61 Å². The molecule has 0 saturated heterocycles. The minimum absolute atomic E-state index is 0.173. The average molecular weight is 235 g/mol. The number of carboxylic acids is 1. The predicted octanol–water partition coefficient (Wildman–Crippen LogP) is 0.873. The van der Waals surface area contributed by atoms with Crippen molar-refractivity contribution in [1.82, 2.24) is 5.48 Å². The molecule has 0 heterocycles. The van der Waals surface area contributed by atoms with Crippen LogP contribution in [0.4, 0.5) is 0 Å². The fourth-order valence-electron chi connectivity index (χ4n) is 1.07. The summed E-state index contributed by atoms with van der Waals surface area (Å²) in [6, 6.07) is 8.25. The van der Waals surface area contributed by atoms with Gasteiger partial charge in [-0.1, -0.05) is 42.5 Å². The van der Waals surface area contributed by atoms with Crippen LogP contribution in [0.3, 0.4) is 0 Å². The summed E-state index contributed by atoms with van der Waals surface area (Å²) in [4.78, 5) is 25.5. The summed E-state index contributed by atoms with van der Waals surface area (Å²) in [5.41, 5.74) is 3.15. The first-order valence-corrected chi connectivity index (χ1v) is 5.01. The number of aldehydes is 1. The molecule has 90 valence electrons. The maximum absolute atomic E-state index is 10.4. The lowest BCUT2D eigenvalue weighted by atomic mass is 10.2. The quantitative estimate of drug-likeness (QED) is 0.317. The van der Waals surface area contributed by atoms with Crippen molar-refractivity contribution in [1.29, 1.82) is 0 Å². The molecule has 0 spiro atoms. The van der Waals surface area contributed by atoms with Gasteiger partial charge in [0.2, 0.25) is 0 Å². The Morgan fingerprint density at radius 1 is 1.41 bits per heavy atom. The van der Waals surface area contributed by atoms with Crippen molar-refractivity contribution in [3.63, 3.8) is 0 Å². The molecule has 1 rings (SSSR count). The smallest absolute Gasteiger partial charge is 0.330 e. The van der Waals surface area contributed by atoms with Crippen LogP contribution >= 0.6 is 0 Å². The highest BCUT2D eigenvalue weighted by atomic mass is 16.6. The second-order valence-electron chi connectivity index (χ2n) is 3.19. The van der Waals surface area contributed by atoms with Crippen LogP contribution in [0.1, 0.15) is 5.56 Å². The van der Waals surface area contributed by atoms with E-state index in [1.54, 1.807) is 6.08 Å². The monoisotopic (exact) mass is 235 g/mol. The van der Waals surface area contributed by atoms with Gasteiger partial charge in [0, 0.05) is 0 Å². The summed E-state index contributed by atoms with van der Waals surface area (Å²) in [6.45, 7) is 0.173. The second kappa shape index (κ2) is 7.32. The van der Waals surface area contributed by atoms with E-state index in [0.717, 1.165) is 5.56 Å². The number of hydroxylamine groups is 1. The van der Waals surface area contributed by atoms with E-state index in [0.29, 0.717) is 0 Å². The van der Waals surface area contributed by atoms with Gasteiger partial charge in [-0.3, -0.25) is 4.84 Å². The largest absolute Gasteiger partial charge is 0.480 e. The van der Waals surface area contributed by atoms with Crippen LogP contribution in [0.15, 0.2) is 36.4 Å². The van der Waals surface area contributed by atoms with Crippen molar-refractivity contribution >= 4 is 18.3 Å². The van der Waals surface area contributed by atoms with Gasteiger partial charge in [-0.05, 0) is 5.56 Å². The summed E-state index contributed by atoms with van der Waals surface area (Å²) in [6.07, 6.45) is 3.81. The molecule has 0 fully saturated rings. The Bertz CT molecular complexity index is 389. The Kier molecular flexibility index (Phi) is 5.63. The zero-order chi connectivity index (χ0) is 12.5. The minimum Gasteiger partial charge on any atom is -0.480 e. The van der Waals surface area contributed by atoms with Crippen molar-refractivity contribution in [2.24, 2.45) is 0 Å². The van der Waals surface area contributed by atoms with Crippen LogP contribution in [0.5, 0.6) is 0 Å². The maximum Gasteiger partial charge on any atom is 0.330 e. The van der Waals surface area contributed by atoms with Crippen LogP contribution in [0.25, 0.3) is 6.08 Å². The molecule has 5 nitrogen and oxygen atoms in total. The number of hydrogen-bond acceptors (Lipinski definition) is 4. The Balaban J connectivity index is 2.26. The van der Waals surface area contributed by atoms with E-state index in [2.05, 4.69) is 5.48 Å². The second-order valence-corrected chi connectivity index (χ2v) is 3.19. The summed E-state index contributed by atoms with van der Waals surface area (Å²) >= 11 is 0. The molecule has 17 heavy (non-hydrogen) atoms. The summed E-state index contributed by atoms with van der Waals surface area (Å²) in [5.74, 6) is -1.27. The third kappa shape index (κ3) is 5.05. The van der Waals surface area contributed by atoms with Crippen LogP contribution < -0.4 is 5.48 Å². The number of nitrogens with one attached hydrogen (secondary N) is 1. The number of benzene rings is 1. The number of aliphatic carboxylic acids is 1. The van der Waals surface area contributed by atoms with Crippen LogP contribution in [0, 0.1) is 0 Å². The number of rotatable bonds is 7. The molecule has 0 radical (unpaired) electrons. The van der Waals surface area contributed by atoms with E-state index in [-0.39, 0.29) is 12.9 Å². The third-order valence-corrected chi connectivity index (χ3v) is 1.90. The Hall–Kier alpha value is -1.98. The van der Waals surface area contributed by atoms with E-state index in [4.69, 9.17) is 9.94 Å². The zero-order valence-electron chi connectivity index (χ0n) is 9.08. The molecular formula is C12H13NO4. The summed E-state index contributed by atoms with van der Waals surface area (Å²) in [5, 5.41) is 8.52. The molecule has 0 aliphatic rings. The molecular weight excluding hydrogens is 222 g/mol. The fourth-order valence-corrected chi connectivity index (χ4v) is 1.07. The zero-order valence-corrected chi connectivity index (χ0v) is 9.08. The van der Waals surface area contributed by atoms with Crippen LogP contribution in [-0.4, -0.2) is 30.0 Å². The molecule has 0 amide bonds. The SMILES string of the molecule is O=CC(NOCC=Cc1ccccc1)C(=O)O. The summed E-state index contributed by atoms with van der Waals surface area (Å²) < 4.78 is 0. The van der Waals surface area contributed by atoms with E-state index in [1.165, 1.54) is 0 Å². The molecule has 0 bridgehead atoms. The Morgan fingerprint density at radius 3 is 2.71 bits per heavy atom. The van der Waals surface area contributed by atoms with Gasteiger partial charge >= 0.3 is 5.97 Å². The molecule has 1 aromatic carbocycles. The highest BCUT2D eigenvalue weighted by molar-refractivity contribution is 5.90. The normalized spacial score (nSPS) is 12.5. The molecule has 1 unspecified atom stereocenters. The van der Waals surface area contributed by atoms with E-state index in [9.17, 15) is 9.59 Å². The number of carbonyl (C=O) groups is 2. The lowest BCUT2D eigenvalue weighted by Gasteiger charge is -2.05. The standard InChI is InChI=1S/C12H13NO4/c14-9-11(12(15)16)13-17-8-4-7-10-5-2-1-3-6-10/h1-7,9,11,13H,8H2,(H,15,16). The lowest BCUT2D eigenvalue weighted by Crippen LogP contribution is -2.37. The molecule has 0 saturated carbocycles. The van der Waals surface area contributed by atoms with Gasteiger partial charge in [0.25, 0.3) is 0 Å². The van der Waals surface area contributed by atoms with Gasteiger partial charge in [0.15, 0.2) is 12.3 Å². The third-order valence-electron chi connectivity index (χ3n) is 1.90. The minimum atomic E-state index is -1.33. The molecule has 5 heteroatoms. The van der Waals surface area contributed by atoms with Crippen LogP contribution in [-0.2, 0) is 14.4 Å². The molecule has 0 aliphatic carbocycles. The van der Waals surface area contributed by atoms with E-state index in [1.807, 2.05) is 36.4 Å². The first kappa shape index (κ1) is 13.1. The van der Waals surface area contributed by atoms with Gasteiger partial charge in [-0.2, -0.15) is 5.48 Å². The molecule has 1 atom stereocenters. The highest BCUT2D eigenvalue weighted by Gasteiger charge is 2.14. The van der Waals surface area contributed by atoms with Gasteiger partial charge in [-0.15, -0.1) is 0 Å². The van der Waals surface area contributed by atoms with Gasteiger partial charge in [-0.25, -0.2) is 4.79 Å². The number of carbonyl (C=O) groups excluding carboxylic acids is 1. The fraction of sp³-hybridized carbons (Fsp3) is 0.167. The van der Waals surface area contributed by atoms with Crippen molar-refractivity contribution in [2.45, 2.75) is 6.04 Å². The van der Waals surface area contributed by atoms with Crippen molar-refractivity contribution in [3.8, 4) is 0 Å². The van der Waals surface area contributed by atoms with E-state index >= 15 is 0 Å². The van der Waals surface area contributed by atoms with Crippen molar-refractivity contribution in [3.05, 3.63) is 42.0 Å². The molecule has 1 aromatic rings. The van der Waals surface area contributed by atoms with E-state index < -0.39 is 12.0 Å². The van der Waals surface area contributed by atoms with Gasteiger partial charge in [0.1, 0.15) is 0 Å². The average Bonchev–Trinajstić information content (AvgIpc) is 2.34. The molecule has 2 N–H and O–H groups in total. The maximum atomic E-state index is 10.4.